The fourth-order valence-electron chi connectivity index (χ4n) is 2.33. The molecule has 0 radical (unpaired) electrons. The summed E-state index contributed by atoms with van der Waals surface area (Å²) in [5.74, 6) is 0.324. The minimum absolute atomic E-state index is 0.0239. The average molecular weight is 246 g/mol. The molecule has 0 amide bonds. The number of carbonyl (C=O) groups is 1. The maximum absolute atomic E-state index is 11.0. The zero-order valence-corrected chi connectivity index (χ0v) is 10.8. The molecule has 1 aromatic heterocycles. The molecule has 0 spiro atoms. The van der Waals surface area contributed by atoms with Crippen molar-refractivity contribution >= 4 is 17.0 Å². The minimum Gasteiger partial charge on any atom is -0.480 e. The van der Waals surface area contributed by atoms with Gasteiger partial charge in [0.1, 0.15) is 12.4 Å². The first-order chi connectivity index (χ1) is 8.63. The summed E-state index contributed by atoms with van der Waals surface area (Å²) < 4.78 is 1.82. The van der Waals surface area contributed by atoms with Crippen LogP contribution < -0.4 is 0 Å². The Bertz CT molecular complexity index is 560. The van der Waals surface area contributed by atoms with Gasteiger partial charge in [0.15, 0.2) is 0 Å². The number of nitrogens with zero attached hydrogens (tertiary/aromatic N) is 2. The number of carboxylic acid groups (broad SMARTS) is 1. The van der Waals surface area contributed by atoms with Crippen LogP contribution in [0.1, 0.15) is 38.4 Å². The molecule has 18 heavy (non-hydrogen) atoms. The molecule has 0 aliphatic rings. The predicted molar refractivity (Wildman–Crippen MR) is 70.7 cm³/mol. The third-order valence-corrected chi connectivity index (χ3v) is 3.14. The van der Waals surface area contributed by atoms with Gasteiger partial charge in [0, 0.05) is 5.92 Å². The Morgan fingerprint density at radius 1 is 1.44 bits per heavy atom. The van der Waals surface area contributed by atoms with Gasteiger partial charge in [-0.1, -0.05) is 32.4 Å². The molecule has 2 aromatic rings. The standard InChI is InChI=1S/C14H18N2O2/c1-3-6-10(2)14-15-11-7-4-5-8-12(11)16(14)9-13(17)18/h4-5,7-8,10H,3,6,9H2,1-2H3,(H,17,18). The number of aromatic nitrogens is 2. The average Bonchev–Trinajstić information content (AvgIpc) is 2.68. The van der Waals surface area contributed by atoms with Gasteiger partial charge in [0.05, 0.1) is 11.0 Å². The molecule has 1 aromatic carbocycles. The molecule has 1 atom stereocenters. The van der Waals surface area contributed by atoms with Crippen molar-refractivity contribution in [1.29, 1.82) is 0 Å². The van der Waals surface area contributed by atoms with Crippen molar-refractivity contribution in [3.05, 3.63) is 30.1 Å². The first-order valence-corrected chi connectivity index (χ1v) is 6.30. The molecular formula is C14H18N2O2. The summed E-state index contributed by atoms with van der Waals surface area (Å²) in [6, 6.07) is 7.69. The molecular weight excluding hydrogens is 228 g/mol. The number of fused-ring (bicyclic) bond motifs is 1. The van der Waals surface area contributed by atoms with Gasteiger partial charge >= 0.3 is 5.97 Å². The van der Waals surface area contributed by atoms with Crippen LogP contribution in [-0.4, -0.2) is 20.6 Å². The number of hydrogen-bond acceptors (Lipinski definition) is 2. The molecule has 2 rings (SSSR count). The first kappa shape index (κ1) is 12.6. The van der Waals surface area contributed by atoms with Crippen LogP contribution in [0.25, 0.3) is 11.0 Å². The van der Waals surface area contributed by atoms with Crippen molar-refractivity contribution in [2.75, 3.05) is 0 Å². The monoisotopic (exact) mass is 246 g/mol. The van der Waals surface area contributed by atoms with Gasteiger partial charge in [-0.3, -0.25) is 4.79 Å². The van der Waals surface area contributed by atoms with E-state index in [1.807, 2.05) is 28.8 Å². The number of rotatable bonds is 5. The van der Waals surface area contributed by atoms with Crippen LogP contribution in [0.2, 0.25) is 0 Å². The number of carboxylic acids is 1. The second kappa shape index (κ2) is 5.21. The van der Waals surface area contributed by atoms with E-state index in [9.17, 15) is 4.79 Å². The van der Waals surface area contributed by atoms with E-state index >= 15 is 0 Å². The lowest BCUT2D eigenvalue weighted by atomic mass is 10.1. The largest absolute Gasteiger partial charge is 0.480 e. The Labute approximate surface area is 106 Å². The number of aliphatic carboxylic acids is 1. The highest BCUT2D eigenvalue weighted by Crippen LogP contribution is 2.24. The Morgan fingerprint density at radius 3 is 2.83 bits per heavy atom. The highest BCUT2D eigenvalue weighted by atomic mass is 16.4. The topological polar surface area (TPSA) is 55.1 Å². The predicted octanol–water partition coefficient (Wildman–Crippen LogP) is 3.02. The van der Waals surface area contributed by atoms with E-state index < -0.39 is 5.97 Å². The van der Waals surface area contributed by atoms with Crippen molar-refractivity contribution in [1.82, 2.24) is 9.55 Å². The normalized spacial score (nSPS) is 12.8. The summed E-state index contributed by atoms with van der Waals surface area (Å²) in [6.45, 7) is 4.20. The van der Waals surface area contributed by atoms with Crippen molar-refractivity contribution in [2.45, 2.75) is 39.2 Å². The minimum atomic E-state index is -0.830. The molecule has 1 heterocycles. The molecule has 0 saturated heterocycles. The molecule has 1 unspecified atom stereocenters. The van der Waals surface area contributed by atoms with Crippen LogP contribution in [0, 0.1) is 0 Å². The second-order valence-corrected chi connectivity index (χ2v) is 4.63. The van der Waals surface area contributed by atoms with Gasteiger partial charge in [-0.05, 0) is 18.6 Å². The summed E-state index contributed by atoms with van der Waals surface area (Å²) in [6.07, 6.45) is 2.08. The lowest BCUT2D eigenvalue weighted by Crippen LogP contribution is -2.13. The molecule has 4 heteroatoms. The number of imidazole rings is 1. The summed E-state index contributed by atoms with van der Waals surface area (Å²) >= 11 is 0. The van der Waals surface area contributed by atoms with Crippen molar-refractivity contribution in [2.24, 2.45) is 0 Å². The molecule has 1 N–H and O–H groups in total. The lowest BCUT2D eigenvalue weighted by Gasteiger charge is -2.12. The Balaban J connectivity index is 2.52. The summed E-state index contributed by atoms with van der Waals surface area (Å²) in [5.41, 5.74) is 1.77. The Kier molecular flexibility index (Phi) is 3.65. The number of para-hydroxylation sites is 2. The highest BCUT2D eigenvalue weighted by Gasteiger charge is 2.17. The molecule has 0 fully saturated rings. The van der Waals surface area contributed by atoms with E-state index in [0.717, 1.165) is 29.7 Å². The van der Waals surface area contributed by atoms with Crippen LogP contribution >= 0.6 is 0 Å². The zero-order valence-electron chi connectivity index (χ0n) is 10.8. The molecule has 0 bridgehead atoms. The maximum atomic E-state index is 11.0. The molecule has 96 valence electrons. The van der Waals surface area contributed by atoms with Crippen molar-refractivity contribution < 1.29 is 9.90 Å². The van der Waals surface area contributed by atoms with E-state index in [1.54, 1.807) is 0 Å². The lowest BCUT2D eigenvalue weighted by molar-refractivity contribution is -0.137. The fraction of sp³-hybridized carbons (Fsp3) is 0.429. The number of benzene rings is 1. The van der Waals surface area contributed by atoms with E-state index in [4.69, 9.17) is 5.11 Å². The van der Waals surface area contributed by atoms with Crippen LogP contribution in [0.15, 0.2) is 24.3 Å². The molecule has 0 saturated carbocycles. The van der Waals surface area contributed by atoms with Crippen molar-refractivity contribution in [3.63, 3.8) is 0 Å². The van der Waals surface area contributed by atoms with Gasteiger partial charge in [0.2, 0.25) is 0 Å². The molecule has 0 aliphatic carbocycles. The summed E-state index contributed by atoms with van der Waals surface area (Å²) in [4.78, 5) is 15.6. The Hall–Kier alpha value is -1.84. The van der Waals surface area contributed by atoms with Gasteiger partial charge < -0.3 is 9.67 Å². The SMILES string of the molecule is CCCC(C)c1nc2ccccc2n1CC(=O)O. The summed E-state index contributed by atoms with van der Waals surface area (Å²) in [5, 5.41) is 9.03. The van der Waals surface area contributed by atoms with E-state index in [-0.39, 0.29) is 12.5 Å². The van der Waals surface area contributed by atoms with Crippen LogP contribution in [-0.2, 0) is 11.3 Å². The quantitative estimate of drug-likeness (QED) is 0.882. The van der Waals surface area contributed by atoms with Crippen LogP contribution in [0.4, 0.5) is 0 Å². The van der Waals surface area contributed by atoms with Gasteiger partial charge in [-0.15, -0.1) is 0 Å². The van der Waals surface area contributed by atoms with E-state index in [2.05, 4.69) is 18.8 Å². The third-order valence-electron chi connectivity index (χ3n) is 3.14. The highest BCUT2D eigenvalue weighted by molar-refractivity contribution is 5.78. The van der Waals surface area contributed by atoms with Gasteiger partial charge in [-0.25, -0.2) is 4.98 Å². The fourth-order valence-corrected chi connectivity index (χ4v) is 2.33. The second-order valence-electron chi connectivity index (χ2n) is 4.63. The Morgan fingerprint density at radius 2 is 2.17 bits per heavy atom. The third kappa shape index (κ3) is 2.37. The van der Waals surface area contributed by atoms with Crippen molar-refractivity contribution in [3.8, 4) is 0 Å². The van der Waals surface area contributed by atoms with Gasteiger partial charge in [0.25, 0.3) is 0 Å². The van der Waals surface area contributed by atoms with Gasteiger partial charge in [-0.2, -0.15) is 0 Å². The first-order valence-electron chi connectivity index (χ1n) is 6.30. The zero-order chi connectivity index (χ0) is 13.1. The maximum Gasteiger partial charge on any atom is 0.323 e. The van der Waals surface area contributed by atoms with Crippen LogP contribution in [0.5, 0.6) is 0 Å². The van der Waals surface area contributed by atoms with E-state index in [1.165, 1.54) is 0 Å². The summed E-state index contributed by atoms with van der Waals surface area (Å²) in [7, 11) is 0. The smallest absolute Gasteiger partial charge is 0.323 e. The molecule has 4 nitrogen and oxygen atoms in total. The van der Waals surface area contributed by atoms with Crippen LogP contribution in [0.3, 0.4) is 0 Å². The number of hydrogen-bond donors (Lipinski definition) is 1. The van der Waals surface area contributed by atoms with E-state index in [0.29, 0.717) is 0 Å². The molecule has 0 aliphatic heterocycles.